The van der Waals surface area contributed by atoms with Crippen molar-refractivity contribution in [2.75, 3.05) is 19.5 Å². The zero-order chi connectivity index (χ0) is 20.9. The quantitative estimate of drug-likeness (QED) is 0.604. The molecular formula is C22H22N2O4S. The van der Waals surface area contributed by atoms with Gasteiger partial charge in [0.1, 0.15) is 0 Å². The summed E-state index contributed by atoms with van der Waals surface area (Å²) < 4.78 is 25.4. The summed E-state index contributed by atoms with van der Waals surface area (Å²) in [7, 11) is -1.15. The fraction of sp³-hybridized carbons (Fsp3) is 0.136. The maximum absolute atomic E-state index is 13.1. The number of sulfonamides is 1. The second-order valence-electron chi connectivity index (χ2n) is 6.37. The van der Waals surface area contributed by atoms with E-state index in [9.17, 15) is 13.2 Å². The molecule has 0 bridgehead atoms. The van der Waals surface area contributed by atoms with Crippen LogP contribution in [0.3, 0.4) is 0 Å². The normalized spacial score (nSPS) is 11.6. The van der Waals surface area contributed by atoms with Crippen molar-refractivity contribution in [3.8, 4) is 0 Å². The van der Waals surface area contributed by atoms with Gasteiger partial charge < -0.3 is 5.32 Å². The van der Waals surface area contributed by atoms with Gasteiger partial charge in [0.05, 0.1) is 17.9 Å². The van der Waals surface area contributed by atoms with Crippen LogP contribution in [0.25, 0.3) is 0 Å². The van der Waals surface area contributed by atoms with Crippen LogP contribution < -0.4 is 5.32 Å². The van der Waals surface area contributed by atoms with Crippen LogP contribution in [0, 0.1) is 0 Å². The molecule has 3 aromatic rings. The number of hydrogen-bond donors (Lipinski definition) is 1. The van der Waals surface area contributed by atoms with E-state index in [1.54, 1.807) is 12.1 Å². The number of hydrogen-bond acceptors (Lipinski definition) is 4. The van der Waals surface area contributed by atoms with Crippen molar-refractivity contribution in [1.29, 1.82) is 0 Å². The third-order valence-electron chi connectivity index (χ3n) is 4.54. The van der Waals surface area contributed by atoms with E-state index in [0.717, 1.165) is 15.6 Å². The molecule has 3 aromatic carbocycles. The van der Waals surface area contributed by atoms with E-state index < -0.39 is 15.9 Å². The minimum absolute atomic E-state index is 0.0718. The fourth-order valence-corrected chi connectivity index (χ4v) is 3.93. The average Bonchev–Trinajstić information content (AvgIpc) is 2.75. The molecule has 29 heavy (non-hydrogen) atoms. The molecule has 0 aliphatic heterocycles. The van der Waals surface area contributed by atoms with E-state index in [0.29, 0.717) is 5.69 Å². The Kier molecular flexibility index (Phi) is 6.43. The lowest BCUT2D eigenvalue weighted by Crippen LogP contribution is -2.25. The first-order chi connectivity index (χ1) is 13.9. The van der Waals surface area contributed by atoms with Gasteiger partial charge in [0.15, 0.2) is 0 Å². The smallest absolute Gasteiger partial charge is 0.264 e. The van der Waals surface area contributed by atoms with Gasteiger partial charge in [-0.3, -0.25) is 9.63 Å². The SMILES string of the molecule is CON(C)S(=O)(=O)c1ccc(NC(=O)C(c2ccccc2)c2ccccc2)cc1. The number of carbonyl (C=O) groups is 1. The van der Waals surface area contributed by atoms with E-state index in [1.165, 1.54) is 26.3 Å². The second kappa shape index (κ2) is 9.00. The van der Waals surface area contributed by atoms with Crippen LogP contribution in [-0.4, -0.2) is 33.0 Å². The van der Waals surface area contributed by atoms with Gasteiger partial charge in [0.2, 0.25) is 5.91 Å². The Hall–Kier alpha value is -3.00. The Bertz CT molecular complexity index is 1010. The molecule has 0 aliphatic carbocycles. The molecule has 0 aromatic heterocycles. The molecule has 0 spiro atoms. The predicted octanol–water partition coefficient (Wildman–Crippen LogP) is 3.64. The number of amides is 1. The molecule has 0 radical (unpaired) electrons. The summed E-state index contributed by atoms with van der Waals surface area (Å²) in [6, 6.07) is 25.0. The van der Waals surface area contributed by atoms with E-state index in [4.69, 9.17) is 4.84 Å². The average molecular weight is 410 g/mol. The predicted molar refractivity (Wildman–Crippen MR) is 112 cm³/mol. The maximum atomic E-state index is 13.1. The summed E-state index contributed by atoms with van der Waals surface area (Å²) in [6.45, 7) is 0. The standard InChI is InChI=1S/C22H22N2O4S/c1-24(28-2)29(26,27)20-15-13-19(14-16-20)23-22(25)21(17-9-5-3-6-10-17)18-11-7-4-8-12-18/h3-16,21H,1-2H3,(H,23,25). The highest BCUT2D eigenvalue weighted by Gasteiger charge is 2.24. The van der Waals surface area contributed by atoms with Gasteiger partial charge in [-0.05, 0) is 35.4 Å². The van der Waals surface area contributed by atoms with E-state index in [-0.39, 0.29) is 10.8 Å². The van der Waals surface area contributed by atoms with Gasteiger partial charge >= 0.3 is 0 Å². The zero-order valence-corrected chi connectivity index (χ0v) is 17.0. The molecule has 0 atom stereocenters. The first kappa shape index (κ1) is 20.7. The third-order valence-corrected chi connectivity index (χ3v) is 6.24. The number of nitrogens with one attached hydrogen (secondary N) is 1. The van der Waals surface area contributed by atoms with Crippen LogP contribution in [0.15, 0.2) is 89.8 Å². The molecule has 0 unspecified atom stereocenters. The van der Waals surface area contributed by atoms with Crippen LogP contribution in [0.5, 0.6) is 0 Å². The van der Waals surface area contributed by atoms with Gasteiger partial charge in [-0.2, -0.15) is 0 Å². The van der Waals surface area contributed by atoms with Gasteiger partial charge in [0.25, 0.3) is 10.0 Å². The molecule has 0 fully saturated rings. The summed E-state index contributed by atoms with van der Waals surface area (Å²) in [5.41, 5.74) is 2.25. The largest absolute Gasteiger partial charge is 0.325 e. The molecule has 1 amide bonds. The van der Waals surface area contributed by atoms with Crippen LogP contribution >= 0.6 is 0 Å². The molecule has 0 aliphatic rings. The fourth-order valence-electron chi connectivity index (χ4n) is 2.96. The number of anilines is 1. The maximum Gasteiger partial charge on any atom is 0.264 e. The van der Waals surface area contributed by atoms with Crippen molar-refractivity contribution in [2.45, 2.75) is 10.8 Å². The van der Waals surface area contributed by atoms with Crippen molar-refractivity contribution in [2.24, 2.45) is 0 Å². The van der Waals surface area contributed by atoms with E-state index in [1.807, 2.05) is 60.7 Å². The molecule has 1 N–H and O–H groups in total. The van der Waals surface area contributed by atoms with Gasteiger partial charge in [-0.25, -0.2) is 8.42 Å². The van der Waals surface area contributed by atoms with E-state index >= 15 is 0 Å². The summed E-state index contributed by atoms with van der Waals surface area (Å²) in [5, 5.41) is 2.88. The third kappa shape index (κ3) is 4.71. The summed E-state index contributed by atoms with van der Waals surface area (Å²) in [4.78, 5) is 17.9. The van der Waals surface area contributed by atoms with Gasteiger partial charge in [-0.1, -0.05) is 65.1 Å². The Morgan fingerprint density at radius 2 is 1.34 bits per heavy atom. The van der Waals surface area contributed by atoms with Crippen molar-refractivity contribution >= 4 is 21.6 Å². The lowest BCUT2D eigenvalue weighted by molar-refractivity contribution is -0.116. The summed E-state index contributed by atoms with van der Waals surface area (Å²) in [6.07, 6.45) is 0. The summed E-state index contributed by atoms with van der Waals surface area (Å²) >= 11 is 0. The van der Waals surface area contributed by atoms with Gasteiger partial charge in [-0.15, -0.1) is 0 Å². The molecule has 150 valence electrons. The van der Waals surface area contributed by atoms with Gasteiger partial charge in [0, 0.05) is 12.7 Å². The Morgan fingerprint density at radius 1 is 0.862 bits per heavy atom. The zero-order valence-electron chi connectivity index (χ0n) is 16.1. The monoisotopic (exact) mass is 410 g/mol. The van der Waals surface area contributed by atoms with Crippen LogP contribution in [-0.2, 0) is 19.7 Å². The Morgan fingerprint density at radius 3 is 1.79 bits per heavy atom. The number of carbonyl (C=O) groups excluding carboxylic acids is 1. The number of nitrogens with zero attached hydrogens (tertiary/aromatic N) is 1. The number of rotatable bonds is 7. The minimum Gasteiger partial charge on any atom is -0.325 e. The van der Waals surface area contributed by atoms with Crippen molar-refractivity contribution < 1.29 is 18.0 Å². The minimum atomic E-state index is -3.74. The molecule has 0 saturated carbocycles. The summed E-state index contributed by atoms with van der Waals surface area (Å²) in [5.74, 6) is -0.688. The molecule has 3 rings (SSSR count). The lowest BCUT2D eigenvalue weighted by Gasteiger charge is -2.18. The molecule has 0 saturated heterocycles. The molecular weight excluding hydrogens is 388 g/mol. The van der Waals surface area contributed by atoms with Crippen molar-refractivity contribution in [3.05, 3.63) is 96.1 Å². The number of hydroxylamine groups is 1. The molecule has 0 heterocycles. The number of benzene rings is 3. The highest BCUT2D eigenvalue weighted by Crippen LogP contribution is 2.26. The van der Waals surface area contributed by atoms with E-state index in [2.05, 4.69) is 5.32 Å². The molecule has 6 nitrogen and oxygen atoms in total. The topological polar surface area (TPSA) is 75.7 Å². The van der Waals surface area contributed by atoms with Crippen LogP contribution in [0.4, 0.5) is 5.69 Å². The lowest BCUT2D eigenvalue weighted by atomic mass is 9.90. The highest BCUT2D eigenvalue weighted by atomic mass is 32.2. The second-order valence-corrected chi connectivity index (χ2v) is 8.30. The Labute approximate surface area is 170 Å². The van der Waals surface area contributed by atoms with Crippen molar-refractivity contribution in [3.63, 3.8) is 0 Å². The Balaban J connectivity index is 1.85. The highest BCUT2D eigenvalue weighted by molar-refractivity contribution is 7.89. The van der Waals surface area contributed by atoms with Crippen LogP contribution in [0.1, 0.15) is 17.0 Å². The first-order valence-corrected chi connectivity index (χ1v) is 10.4. The van der Waals surface area contributed by atoms with Crippen molar-refractivity contribution in [1.82, 2.24) is 4.47 Å². The first-order valence-electron chi connectivity index (χ1n) is 8.97. The van der Waals surface area contributed by atoms with Crippen LogP contribution in [0.2, 0.25) is 0 Å². The molecule has 7 heteroatoms.